The maximum atomic E-state index is 12.7. The molecule has 0 amide bonds. The van der Waals surface area contributed by atoms with Gasteiger partial charge < -0.3 is 5.73 Å². The zero-order valence-electron chi connectivity index (χ0n) is 10.8. The van der Waals surface area contributed by atoms with Crippen molar-refractivity contribution in [3.8, 4) is 0 Å². The number of sulfonamides is 1. The molecule has 1 aliphatic heterocycles. The molecule has 0 bridgehead atoms. The highest BCUT2D eigenvalue weighted by Crippen LogP contribution is 2.30. The van der Waals surface area contributed by atoms with E-state index < -0.39 is 10.0 Å². The van der Waals surface area contributed by atoms with Crippen LogP contribution in [0, 0.1) is 0 Å². The zero-order valence-corrected chi connectivity index (χ0v) is 13.2. The van der Waals surface area contributed by atoms with Crippen LogP contribution >= 0.6 is 15.9 Å². The van der Waals surface area contributed by atoms with Crippen LogP contribution in [0.25, 0.3) is 0 Å². The fourth-order valence-electron chi connectivity index (χ4n) is 2.55. The van der Waals surface area contributed by atoms with Crippen molar-refractivity contribution in [2.24, 2.45) is 5.73 Å². The second-order valence-corrected chi connectivity index (χ2v) is 7.49. The van der Waals surface area contributed by atoms with Gasteiger partial charge in [0.2, 0.25) is 10.0 Å². The third-order valence-electron chi connectivity index (χ3n) is 3.50. The molecule has 6 heteroatoms. The number of hydrogen-bond acceptors (Lipinski definition) is 3. The molecule has 1 heterocycles. The van der Waals surface area contributed by atoms with Gasteiger partial charge in [0.05, 0.1) is 4.90 Å². The highest BCUT2D eigenvalue weighted by Gasteiger charge is 2.33. The molecular weight excluding hydrogens is 328 g/mol. The molecule has 1 fully saturated rings. The molecule has 1 unspecified atom stereocenters. The number of halogens is 1. The summed E-state index contributed by atoms with van der Waals surface area (Å²) in [5, 5.41) is 0. The van der Waals surface area contributed by atoms with Gasteiger partial charge in [0.25, 0.3) is 0 Å². The lowest BCUT2D eigenvalue weighted by atomic mass is 10.0. The Balaban J connectivity index is 2.35. The van der Waals surface area contributed by atoms with Gasteiger partial charge in [0.1, 0.15) is 0 Å². The molecule has 1 aliphatic rings. The molecule has 2 rings (SSSR count). The Morgan fingerprint density at radius 2 is 2.05 bits per heavy atom. The van der Waals surface area contributed by atoms with E-state index in [2.05, 4.69) is 15.9 Å². The van der Waals surface area contributed by atoms with Crippen molar-refractivity contribution in [1.82, 2.24) is 4.31 Å². The fraction of sp³-hybridized carbons (Fsp3) is 0.538. The normalized spacial score (nSPS) is 21.5. The van der Waals surface area contributed by atoms with E-state index in [1.54, 1.807) is 22.5 Å². The van der Waals surface area contributed by atoms with Gasteiger partial charge in [-0.05, 0) is 53.9 Å². The number of rotatable bonds is 4. The van der Waals surface area contributed by atoms with E-state index in [-0.39, 0.29) is 6.04 Å². The second kappa shape index (κ2) is 6.35. The first-order chi connectivity index (χ1) is 9.07. The number of piperidine rings is 1. The molecule has 0 radical (unpaired) electrons. The molecule has 0 aromatic heterocycles. The lowest BCUT2D eigenvalue weighted by Gasteiger charge is -2.34. The van der Waals surface area contributed by atoms with E-state index >= 15 is 0 Å². The molecule has 0 saturated carbocycles. The Morgan fingerprint density at radius 1 is 1.32 bits per heavy atom. The van der Waals surface area contributed by atoms with E-state index in [0.717, 1.165) is 25.7 Å². The van der Waals surface area contributed by atoms with Gasteiger partial charge >= 0.3 is 0 Å². The van der Waals surface area contributed by atoms with Crippen LogP contribution < -0.4 is 5.73 Å². The van der Waals surface area contributed by atoms with E-state index in [0.29, 0.717) is 22.5 Å². The molecule has 1 saturated heterocycles. The third-order valence-corrected chi connectivity index (χ3v) is 6.46. The maximum Gasteiger partial charge on any atom is 0.244 e. The van der Waals surface area contributed by atoms with E-state index in [4.69, 9.17) is 5.73 Å². The minimum atomic E-state index is -3.43. The molecule has 4 nitrogen and oxygen atoms in total. The van der Waals surface area contributed by atoms with E-state index in [9.17, 15) is 8.42 Å². The second-order valence-electron chi connectivity index (χ2n) is 4.77. The number of hydrogen-bond donors (Lipinski definition) is 1. The SMILES string of the molecule is NCCC1CCCCN1S(=O)(=O)c1ccccc1Br. The van der Waals surface area contributed by atoms with Crippen molar-refractivity contribution in [3.05, 3.63) is 28.7 Å². The number of nitrogens with two attached hydrogens (primary N) is 1. The molecule has 1 aromatic rings. The van der Waals surface area contributed by atoms with E-state index in [1.165, 1.54) is 0 Å². The van der Waals surface area contributed by atoms with Crippen LogP contribution in [0.4, 0.5) is 0 Å². The Bertz CT molecular complexity index is 531. The van der Waals surface area contributed by atoms with Crippen molar-refractivity contribution in [2.45, 2.75) is 36.6 Å². The third kappa shape index (κ3) is 3.18. The summed E-state index contributed by atoms with van der Waals surface area (Å²) in [4.78, 5) is 0.346. The van der Waals surface area contributed by atoms with Crippen molar-refractivity contribution in [2.75, 3.05) is 13.1 Å². The molecule has 106 valence electrons. The van der Waals surface area contributed by atoms with Gasteiger partial charge in [0.15, 0.2) is 0 Å². The lowest BCUT2D eigenvalue weighted by molar-refractivity contribution is 0.243. The zero-order chi connectivity index (χ0) is 13.9. The van der Waals surface area contributed by atoms with Gasteiger partial charge in [-0.1, -0.05) is 18.6 Å². The van der Waals surface area contributed by atoms with Crippen molar-refractivity contribution >= 4 is 26.0 Å². The largest absolute Gasteiger partial charge is 0.330 e. The monoisotopic (exact) mass is 346 g/mol. The van der Waals surface area contributed by atoms with Crippen LogP contribution in [0.15, 0.2) is 33.6 Å². The lowest BCUT2D eigenvalue weighted by Crippen LogP contribution is -2.44. The van der Waals surface area contributed by atoms with Gasteiger partial charge in [-0.15, -0.1) is 0 Å². The van der Waals surface area contributed by atoms with Crippen LogP contribution in [-0.4, -0.2) is 31.9 Å². The van der Waals surface area contributed by atoms with Crippen LogP contribution in [0.1, 0.15) is 25.7 Å². The highest BCUT2D eigenvalue weighted by atomic mass is 79.9. The first kappa shape index (κ1) is 15.0. The van der Waals surface area contributed by atoms with Gasteiger partial charge in [-0.2, -0.15) is 4.31 Å². The summed E-state index contributed by atoms with van der Waals surface area (Å²) in [6, 6.07) is 7.01. The first-order valence-electron chi connectivity index (χ1n) is 6.54. The highest BCUT2D eigenvalue weighted by molar-refractivity contribution is 9.10. The smallest absolute Gasteiger partial charge is 0.244 e. The van der Waals surface area contributed by atoms with Crippen molar-refractivity contribution in [1.29, 1.82) is 0 Å². The summed E-state index contributed by atoms with van der Waals surface area (Å²) in [7, 11) is -3.43. The summed E-state index contributed by atoms with van der Waals surface area (Å²) >= 11 is 3.33. The summed E-state index contributed by atoms with van der Waals surface area (Å²) < 4.78 is 27.7. The predicted molar refractivity (Wildman–Crippen MR) is 79.3 cm³/mol. The topological polar surface area (TPSA) is 63.4 Å². The predicted octanol–water partition coefficient (Wildman–Crippen LogP) is 2.34. The van der Waals surface area contributed by atoms with Gasteiger partial charge in [0, 0.05) is 17.1 Å². The molecule has 0 spiro atoms. The van der Waals surface area contributed by atoms with Crippen LogP contribution in [-0.2, 0) is 10.0 Å². The first-order valence-corrected chi connectivity index (χ1v) is 8.77. The van der Waals surface area contributed by atoms with Crippen LogP contribution in [0.3, 0.4) is 0 Å². The Labute approximate surface area is 123 Å². The molecule has 1 aromatic carbocycles. The van der Waals surface area contributed by atoms with Gasteiger partial charge in [-0.25, -0.2) is 8.42 Å². The molecule has 1 atom stereocenters. The van der Waals surface area contributed by atoms with E-state index in [1.807, 2.05) is 6.07 Å². The van der Waals surface area contributed by atoms with Crippen molar-refractivity contribution in [3.63, 3.8) is 0 Å². The summed E-state index contributed by atoms with van der Waals surface area (Å²) in [5.41, 5.74) is 5.60. The Kier molecular flexibility index (Phi) is 5.00. The number of benzene rings is 1. The summed E-state index contributed by atoms with van der Waals surface area (Å²) in [6.45, 7) is 1.11. The number of nitrogens with zero attached hydrogens (tertiary/aromatic N) is 1. The Morgan fingerprint density at radius 3 is 2.74 bits per heavy atom. The minimum absolute atomic E-state index is 0.0378. The quantitative estimate of drug-likeness (QED) is 0.909. The maximum absolute atomic E-state index is 12.7. The average molecular weight is 347 g/mol. The fourth-order valence-corrected chi connectivity index (χ4v) is 5.24. The Hall–Kier alpha value is -0.430. The van der Waals surface area contributed by atoms with Gasteiger partial charge in [-0.3, -0.25) is 0 Å². The molecule has 0 aliphatic carbocycles. The summed E-state index contributed by atoms with van der Waals surface area (Å²) in [5.74, 6) is 0. The minimum Gasteiger partial charge on any atom is -0.330 e. The van der Waals surface area contributed by atoms with Crippen molar-refractivity contribution < 1.29 is 8.42 Å². The average Bonchev–Trinajstić information content (AvgIpc) is 2.40. The van der Waals surface area contributed by atoms with Crippen LogP contribution in [0.2, 0.25) is 0 Å². The summed E-state index contributed by atoms with van der Waals surface area (Å²) in [6.07, 6.45) is 3.63. The molecular formula is C13H19BrN2O2S. The standard InChI is InChI=1S/C13H19BrN2O2S/c14-12-6-1-2-7-13(12)19(17,18)16-10-4-3-5-11(16)8-9-15/h1-2,6-7,11H,3-5,8-10,15H2. The molecule has 2 N–H and O–H groups in total. The van der Waals surface area contributed by atoms with Crippen LogP contribution in [0.5, 0.6) is 0 Å². The molecule has 19 heavy (non-hydrogen) atoms.